The van der Waals surface area contributed by atoms with Gasteiger partial charge in [0.15, 0.2) is 0 Å². The van der Waals surface area contributed by atoms with Crippen molar-refractivity contribution in [2.24, 2.45) is 0 Å². The van der Waals surface area contributed by atoms with Gasteiger partial charge < -0.3 is 15.6 Å². The summed E-state index contributed by atoms with van der Waals surface area (Å²) in [6, 6.07) is 9.19. The van der Waals surface area contributed by atoms with E-state index in [0.29, 0.717) is 12.4 Å². The Balaban J connectivity index is 2.19. The molecule has 0 saturated carbocycles. The monoisotopic (exact) mass is 244 g/mol. The van der Waals surface area contributed by atoms with Crippen LogP contribution in [0.15, 0.2) is 41.5 Å². The van der Waals surface area contributed by atoms with Gasteiger partial charge in [0.25, 0.3) is 5.56 Å². The number of nitrogens with two attached hydrogens (primary N) is 1. The molecule has 0 amide bonds. The van der Waals surface area contributed by atoms with Crippen molar-refractivity contribution in [3.63, 3.8) is 0 Å². The number of nitrogens with zero attached hydrogens (tertiary/aromatic N) is 2. The molecule has 0 atom stereocenters. The summed E-state index contributed by atoms with van der Waals surface area (Å²) in [6.07, 6.45) is 1.42. The third kappa shape index (κ3) is 2.88. The maximum Gasteiger partial charge on any atom is 0.252 e. The van der Waals surface area contributed by atoms with Crippen LogP contribution >= 0.6 is 0 Å². The number of aromatic nitrogens is 2. The number of hydrogen-bond acceptors (Lipinski definition) is 4. The molecule has 1 aromatic heterocycles. The van der Waals surface area contributed by atoms with Crippen molar-refractivity contribution in [3.05, 3.63) is 52.6 Å². The van der Waals surface area contributed by atoms with Gasteiger partial charge in [-0.3, -0.25) is 4.79 Å². The molecule has 94 valence electrons. The van der Waals surface area contributed by atoms with Gasteiger partial charge in [0, 0.05) is 24.8 Å². The number of anilines is 2. The average Bonchev–Trinajstić information content (AvgIpc) is 2.38. The van der Waals surface area contributed by atoms with Gasteiger partial charge in [-0.15, -0.1) is 0 Å². The summed E-state index contributed by atoms with van der Waals surface area (Å²) in [6.45, 7) is 3.51. The highest BCUT2D eigenvalue weighted by Crippen LogP contribution is 2.13. The van der Waals surface area contributed by atoms with Crippen molar-refractivity contribution < 1.29 is 0 Å². The highest BCUT2D eigenvalue weighted by atomic mass is 16.1. The number of rotatable bonds is 4. The van der Waals surface area contributed by atoms with Crippen molar-refractivity contribution in [1.29, 1.82) is 0 Å². The van der Waals surface area contributed by atoms with E-state index in [9.17, 15) is 4.79 Å². The van der Waals surface area contributed by atoms with Crippen LogP contribution in [0, 0.1) is 0 Å². The van der Waals surface area contributed by atoms with Gasteiger partial charge in [0.05, 0.1) is 6.33 Å². The molecule has 2 rings (SSSR count). The molecule has 0 fully saturated rings. The molecule has 0 aliphatic heterocycles. The largest absolute Gasteiger partial charge is 0.399 e. The fraction of sp³-hybridized carbons (Fsp3) is 0.231. The highest BCUT2D eigenvalue weighted by molar-refractivity contribution is 5.42. The van der Waals surface area contributed by atoms with Crippen LogP contribution in [0.2, 0.25) is 0 Å². The Bertz CT molecular complexity index is 562. The summed E-state index contributed by atoms with van der Waals surface area (Å²) in [5, 5.41) is 0. The van der Waals surface area contributed by atoms with Crippen LogP contribution in [0.25, 0.3) is 0 Å². The van der Waals surface area contributed by atoms with E-state index in [2.05, 4.69) is 9.97 Å². The molecule has 18 heavy (non-hydrogen) atoms. The molecule has 0 bridgehead atoms. The van der Waals surface area contributed by atoms with Gasteiger partial charge in [0.2, 0.25) is 0 Å². The summed E-state index contributed by atoms with van der Waals surface area (Å²) < 4.78 is 0. The van der Waals surface area contributed by atoms with E-state index in [0.717, 1.165) is 17.8 Å². The fourth-order valence-corrected chi connectivity index (χ4v) is 1.73. The molecule has 1 heterocycles. The predicted octanol–water partition coefficient (Wildman–Crippen LogP) is 1.38. The minimum atomic E-state index is -0.143. The second-order valence-corrected chi connectivity index (χ2v) is 4.03. The highest BCUT2D eigenvalue weighted by Gasteiger charge is 2.06. The van der Waals surface area contributed by atoms with Crippen LogP contribution < -0.4 is 16.2 Å². The maximum absolute atomic E-state index is 11.3. The Morgan fingerprint density at radius 3 is 2.67 bits per heavy atom. The summed E-state index contributed by atoms with van der Waals surface area (Å²) >= 11 is 0. The Labute approximate surface area is 105 Å². The molecular weight excluding hydrogens is 228 g/mol. The molecule has 0 radical (unpaired) electrons. The SMILES string of the molecule is CCN(Cc1ccc(N)cc1)c1cc(=O)[nH]cn1. The van der Waals surface area contributed by atoms with Crippen molar-refractivity contribution in [1.82, 2.24) is 9.97 Å². The van der Waals surface area contributed by atoms with Crippen LogP contribution in [-0.4, -0.2) is 16.5 Å². The third-order valence-electron chi connectivity index (χ3n) is 2.72. The molecule has 0 unspecified atom stereocenters. The first kappa shape index (κ1) is 12.2. The van der Waals surface area contributed by atoms with Gasteiger partial charge in [-0.05, 0) is 24.6 Å². The zero-order valence-electron chi connectivity index (χ0n) is 10.3. The molecule has 5 heteroatoms. The van der Waals surface area contributed by atoms with Crippen LogP contribution in [0.1, 0.15) is 12.5 Å². The quantitative estimate of drug-likeness (QED) is 0.797. The van der Waals surface area contributed by atoms with E-state index >= 15 is 0 Å². The summed E-state index contributed by atoms with van der Waals surface area (Å²) in [5.41, 5.74) is 7.39. The zero-order valence-corrected chi connectivity index (χ0v) is 10.3. The normalized spacial score (nSPS) is 10.3. The second kappa shape index (κ2) is 5.35. The number of nitrogen functional groups attached to an aromatic ring is 1. The van der Waals surface area contributed by atoms with Gasteiger partial charge in [-0.2, -0.15) is 0 Å². The van der Waals surface area contributed by atoms with Gasteiger partial charge in [-0.25, -0.2) is 4.98 Å². The van der Waals surface area contributed by atoms with E-state index < -0.39 is 0 Å². The first-order chi connectivity index (χ1) is 8.69. The molecule has 0 saturated heterocycles. The zero-order chi connectivity index (χ0) is 13.0. The van der Waals surface area contributed by atoms with Crippen LogP contribution in [0.5, 0.6) is 0 Å². The van der Waals surface area contributed by atoms with Crippen molar-refractivity contribution in [2.75, 3.05) is 17.2 Å². The topological polar surface area (TPSA) is 75.0 Å². The van der Waals surface area contributed by atoms with Crippen LogP contribution in [0.4, 0.5) is 11.5 Å². The van der Waals surface area contributed by atoms with Crippen molar-refractivity contribution in [3.8, 4) is 0 Å². The van der Waals surface area contributed by atoms with Crippen molar-refractivity contribution >= 4 is 11.5 Å². The van der Waals surface area contributed by atoms with E-state index in [1.807, 2.05) is 36.1 Å². The minimum Gasteiger partial charge on any atom is -0.399 e. The molecule has 5 nitrogen and oxygen atoms in total. The summed E-state index contributed by atoms with van der Waals surface area (Å²) in [7, 11) is 0. The molecule has 3 N–H and O–H groups in total. The van der Waals surface area contributed by atoms with Crippen LogP contribution in [0.3, 0.4) is 0 Å². The average molecular weight is 244 g/mol. The second-order valence-electron chi connectivity index (χ2n) is 4.03. The maximum atomic E-state index is 11.3. The molecule has 2 aromatic rings. The Morgan fingerprint density at radius 1 is 1.33 bits per heavy atom. The molecule has 0 spiro atoms. The number of aromatic amines is 1. The molecular formula is C13H16N4O. The van der Waals surface area contributed by atoms with E-state index in [-0.39, 0.29) is 5.56 Å². The number of nitrogens with one attached hydrogen (secondary N) is 1. The molecule has 1 aromatic carbocycles. The van der Waals surface area contributed by atoms with E-state index in [1.165, 1.54) is 12.4 Å². The number of hydrogen-bond donors (Lipinski definition) is 2. The Kier molecular flexibility index (Phi) is 3.62. The molecule has 0 aliphatic rings. The lowest BCUT2D eigenvalue weighted by Crippen LogP contribution is -2.24. The molecule has 0 aliphatic carbocycles. The summed E-state index contributed by atoms with van der Waals surface area (Å²) in [4.78, 5) is 20.0. The predicted molar refractivity (Wildman–Crippen MR) is 72.4 cm³/mol. The number of benzene rings is 1. The third-order valence-corrected chi connectivity index (χ3v) is 2.72. The number of H-pyrrole nitrogens is 1. The first-order valence-corrected chi connectivity index (χ1v) is 5.83. The smallest absolute Gasteiger partial charge is 0.252 e. The van der Waals surface area contributed by atoms with Gasteiger partial charge >= 0.3 is 0 Å². The van der Waals surface area contributed by atoms with E-state index in [4.69, 9.17) is 5.73 Å². The minimum absolute atomic E-state index is 0.143. The Morgan fingerprint density at radius 2 is 2.06 bits per heavy atom. The summed E-state index contributed by atoms with van der Waals surface area (Å²) in [5.74, 6) is 0.679. The van der Waals surface area contributed by atoms with Crippen molar-refractivity contribution in [2.45, 2.75) is 13.5 Å². The lowest BCUT2D eigenvalue weighted by atomic mass is 10.2. The standard InChI is InChI=1S/C13H16N4O/c1-2-17(12-7-13(18)16-9-15-12)8-10-3-5-11(14)6-4-10/h3-7,9H,2,8,14H2,1H3,(H,15,16,18). The van der Waals surface area contributed by atoms with Crippen LogP contribution in [-0.2, 0) is 6.54 Å². The van der Waals surface area contributed by atoms with Gasteiger partial charge in [-0.1, -0.05) is 12.1 Å². The lowest BCUT2D eigenvalue weighted by molar-refractivity contribution is 0.808. The fourth-order valence-electron chi connectivity index (χ4n) is 1.73. The Hall–Kier alpha value is -2.30. The first-order valence-electron chi connectivity index (χ1n) is 5.83. The lowest BCUT2D eigenvalue weighted by Gasteiger charge is -2.21. The van der Waals surface area contributed by atoms with Gasteiger partial charge in [0.1, 0.15) is 5.82 Å². The van der Waals surface area contributed by atoms with E-state index in [1.54, 1.807) is 0 Å².